The highest BCUT2D eigenvalue weighted by molar-refractivity contribution is 7.93. The lowest BCUT2D eigenvalue weighted by atomic mass is 9.85. The van der Waals surface area contributed by atoms with Gasteiger partial charge in [-0.15, -0.1) is 0 Å². The van der Waals surface area contributed by atoms with E-state index in [1.165, 1.54) is 21.6 Å². The van der Waals surface area contributed by atoms with Crippen molar-refractivity contribution in [3.63, 3.8) is 0 Å². The topological polar surface area (TPSA) is 109 Å². The zero-order valence-corrected chi connectivity index (χ0v) is 18.8. The van der Waals surface area contributed by atoms with Gasteiger partial charge in [-0.2, -0.15) is 0 Å². The smallest absolute Gasteiger partial charge is 0.242 e. The molecule has 1 aromatic carbocycles. The third-order valence-corrected chi connectivity index (χ3v) is 7.80. The first-order chi connectivity index (χ1) is 15.2. The first-order valence-electron chi connectivity index (χ1n) is 10.3. The first kappa shape index (κ1) is 20.5. The fourth-order valence-electron chi connectivity index (χ4n) is 4.17. The van der Waals surface area contributed by atoms with Gasteiger partial charge in [0.1, 0.15) is 5.82 Å². The predicted molar refractivity (Wildman–Crippen MR) is 120 cm³/mol. The molecule has 0 spiro atoms. The van der Waals surface area contributed by atoms with Crippen LogP contribution in [0.15, 0.2) is 43.0 Å². The van der Waals surface area contributed by atoms with E-state index in [1.54, 1.807) is 12.4 Å². The molecule has 0 saturated carbocycles. The minimum absolute atomic E-state index is 0.0827. The number of benzene rings is 1. The maximum Gasteiger partial charge on any atom is 0.242 e. The van der Waals surface area contributed by atoms with Crippen LogP contribution in [-0.2, 0) is 20.2 Å². The molecule has 0 N–H and O–H groups in total. The van der Waals surface area contributed by atoms with Gasteiger partial charge in [-0.25, -0.2) is 23.4 Å². The molecule has 2 aliphatic heterocycles. The summed E-state index contributed by atoms with van der Waals surface area (Å²) in [6.07, 6.45) is 6.93. The number of hydrogen-bond donors (Lipinski definition) is 0. The number of fused-ring (bicyclic) bond motifs is 1. The molecule has 10 heteroatoms. The summed E-state index contributed by atoms with van der Waals surface area (Å²) < 4.78 is 26.0. The van der Waals surface area contributed by atoms with Crippen molar-refractivity contribution in [2.24, 2.45) is 0 Å². The normalized spacial score (nSPS) is 18.8. The fraction of sp³-hybridized carbons (Fsp3) is 0.318. The zero-order valence-electron chi connectivity index (χ0n) is 18.0. The molecule has 1 fully saturated rings. The Bertz CT molecular complexity index is 1340. The van der Waals surface area contributed by atoms with E-state index in [1.807, 2.05) is 39.0 Å². The Hall–Kier alpha value is -3.40. The number of nitrogens with zero attached hydrogens (tertiary/aromatic N) is 6. The quantitative estimate of drug-likeness (QED) is 0.603. The van der Waals surface area contributed by atoms with Gasteiger partial charge >= 0.3 is 0 Å². The molecule has 9 nitrogen and oxygen atoms in total. The Kier molecular flexibility index (Phi) is 4.52. The van der Waals surface area contributed by atoms with E-state index in [-0.39, 0.29) is 17.5 Å². The zero-order chi connectivity index (χ0) is 22.7. The van der Waals surface area contributed by atoms with Gasteiger partial charge < -0.3 is 0 Å². The van der Waals surface area contributed by atoms with Crippen molar-refractivity contribution in [2.75, 3.05) is 21.5 Å². The highest BCUT2D eigenvalue weighted by atomic mass is 32.2. The molecule has 5 rings (SSSR count). The lowest BCUT2D eigenvalue weighted by molar-refractivity contribution is -0.121. The van der Waals surface area contributed by atoms with Gasteiger partial charge in [0, 0.05) is 24.5 Å². The largest absolute Gasteiger partial charge is 0.273 e. The molecule has 32 heavy (non-hydrogen) atoms. The number of aryl methyl sites for hydroxylation is 1. The monoisotopic (exact) mass is 450 g/mol. The fourth-order valence-corrected chi connectivity index (χ4v) is 5.66. The number of sulfonamides is 1. The first-order valence-corrected chi connectivity index (χ1v) is 11.9. The van der Waals surface area contributed by atoms with Gasteiger partial charge in [0.15, 0.2) is 11.6 Å². The van der Waals surface area contributed by atoms with Crippen LogP contribution >= 0.6 is 0 Å². The van der Waals surface area contributed by atoms with Crippen LogP contribution in [0.1, 0.15) is 31.7 Å². The summed E-state index contributed by atoms with van der Waals surface area (Å²) in [6, 6.07) is 5.80. The Morgan fingerprint density at radius 3 is 2.41 bits per heavy atom. The molecule has 4 heterocycles. The number of amides is 1. The van der Waals surface area contributed by atoms with Crippen LogP contribution in [0.25, 0.3) is 11.1 Å². The Morgan fingerprint density at radius 2 is 1.72 bits per heavy atom. The minimum Gasteiger partial charge on any atom is -0.273 e. The van der Waals surface area contributed by atoms with E-state index in [0.29, 0.717) is 30.3 Å². The number of carbonyl (C=O) groups excluding carboxylic acids is 1. The summed E-state index contributed by atoms with van der Waals surface area (Å²) in [6.45, 7) is 5.91. The minimum atomic E-state index is -3.41. The summed E-state index contributed by atoms with van der Waals surface area (Å²) in [5.41, 5.74) is 2.48. The van der Waals surface area contributed by atoms with Crippen LogP contribution < -0.4 is 9.21 Å². The average molecular weight is 451 g/mol. The molecule has 3 aromatic rings. The second-order valence-corrected chi connectivity index (χ2v) is 10.5. The molecule has 2 aliphatic rings. The standard InChI is InChI=1S/C22H22N6O3S/c1-14-24-10-16(11-25-14)15-5-6-17-18(9-15)28(21(29)22(17,2)3)20-13-23-12-19(26-20)27-7-4-8-32(27,30)31/h5-6,9-13H,4,7-8H2,1-3H3. The Labute approximate surface area is 186 Å². The molecule has 0 radical (unpaired) electrons. The summed E-state index contributed by atoms with van der Waals surface area (Å²) in [4.78, 5) is 32.2. The second-order valence-electron chi connectivity index (χ2n) is 8.49. The van der Waals surface area contributed by atoms with Crippen LogP contribution in [0.4, 0.5) is 17.3 Å². The van der Waals surface area contributed by atoms with Crippen LogP contribution in [0, 0.1) is 6.92 Å². The van der Waals surface area contributed by atoms with E-state index in [0.717, 1.165) is 16.7 Å². The molecular weight excluding hydrogens is 428 g/mol. The van der Waals surface area contributed by atoms with E-state index >= 15 is 0 Å². The highest BCUT2D eigenvalue weighted by Crippen LogP contribution is 2.46. The lowest BCUT2D eigenvalue weighted by Crippen LogP contribution is -2.34. The van der Waals surface area contributed by atoms with Gasteiger partial charge in [-0.1, -0.05) is 12.1 Å². The molecular formula is C22H22N6O3S. The number of carbonyl (C=O) groups is 1. The third-order valence-electron chi connectivity index (χ3n) is 5.96. The second kappa shape index (κ2) is 7.06. The molecule has 0 bridgehead atoms. The molecule has 2 aromatic heterocycles. The van der Waals surface area contributed by atoms with Crippen molar-refractivity contribution in [3.8, 4) is 11.1 Å². The highest BCUT2D eigenvalue weighted by Gasteiger charge is 2.45. The van der Waals surface area contributed by atoms with E-state index in [4.69, 9.17) is 0 Å². The van der Waals surface area contributed by atoms with Crippen LogP contribution in [0.3, 0.4) is 0 Å². The van der Waals surface area contributed by atoms with Crippen molar-refractivity contribution in [3.05, 3.63) is 54.4 Å². The van der Waals surface area contributed by atoms with E-state index in [9.17, 15) is 13.2 Å². The van der Waals surface area contributed by atoms with E-state index in [2.05, 4.69) is 19.9 Å². The summed E-state index contributed by atoms with van der Waals surface area (Å²) >= 11 is 0. The van der Waals surface area contributed by atoms with Gasteiger partial charge in [-0.05, 0) is 44.4 Å². The van der Waals surface area contributed by atoms with E-state index < -0.39 is 15.4 Å². The molecule has 0 unspecified atom stereocenters. The Balaban J connectivity index is 1.62. The van der Waals surface area contributed by atoms with Crippen molar-refractivity contribution < 1.29 is 13.2 Å². The van der Waals surface area contributed by atoms with Crippen LogP contribution in [-0.4, -0.2) is 46.6 Å². The third kappa shape index (κ3) is 3.13. The molecule has 1 saturated heterocycles. The Morgan fingerprint density at radius 1 is 1.00 bits per heavy atom. The van der Waals surface area contributed by atoms with Gasteiger partial charge in [0.25, 0.3) is 0 Å². The van der Waals surface area contributed by atoms with Crippen LogP contribution in [0.2, 0.25) is 0 Å². The van der Waals surface area contributed by atoms with Crippen molar-refractivity contribution in [1.29, 1.82) is 0 Å². The van der Waals surface area contributed by atoms with Crippen molar-refractivity contribution in [2.45, 2.75) is 32.6 Å². The summed E-state index contributed by atoms with van der Waals surface area (Å²) in [7, 11) is -3.41. The van der Waals surface area contributed by atoms with Crippen LogP contribution in [0.5, 0.6) is 0 Å². The van der Waals surface area contributed by atoms with Crippen molar-refractivity contribution in [1.82, 2.24) is 19.9 Å². The maximum atomic E-state index is 13.4. The number of aromatic nitrogens is 4. The number of rotatable bonds is 3. The maximum absolute atomic E-state index is 13.4. The van der Waals surface area contributed by atoms with Gasteiger partial charge in [0.2, 0.25) is 15.9 Å². The number of anilines is 3. The SMILES string of the molecule is Cc1ncc(-c2ccc3c(c2)N(c2cncc(N4CCCS4(=O)=O)n2)C(=O)C3(C)C)cn1. The molecule has 164 valence electrons. The molecule has 0 atom stereocenters. The predicted octanol–water partition coefficient (Wildman–Crippen LogP) is 2.74. The van der Waals surface area contributed by atoms with Crippen molar-refractivity contribution >= 4 is 33.3 Å². The molecule has 1 amide bonds. The molecule has 0 aliphatic carbocycles. The lowest BCUT2D eigenvalue weighted by Gasteiger charge is -2.21. The van der Waals surface area contributed by atoms with Gasteiger partial charge in [-0.3, -0.25) is 19.0 Å². The van der Waals surface area contributed by atoms with Gasteiger partial charge in [0.05, 0.1) is 29.2 Å². The average Bonchev–Trinajstić information content (AvgIpc) is 3.22. The number of hydrogen-bond acceptors (Lipinski definition) is 7. The summed E-state index contributed by atoms with van der Waals surface area (Å²) in [5, 5.41) is 0. The summed E-state index contributed by atoms with van der Waals surface area (Å²) in [5.74, 6) is 1.12.